The maximum Gasteiger partial charge on any atom is 0.224 e. The molecule has 1 rings (SSSR count). The van der Waals surface area contributed by atoms with Gasteiger partial charge in [-0.3, -0.25) is 4.79 Å². The van der Waals surface area contributed by atoms with Crippen molar-refractivity contribution in [2.45, 2.75) is 32.6 Å². The Balaban J connectivity index is 2.23. The third-order valence-electron chi connectivity index (χ3n) is 2.62. The zero-order chi connectivity index (χ0) is 14.1. The number of unbranched alkanes of at least 4 members (excludes halogenated alkanes) is 1. The number of benzene rings is 1. The molecule has 0 aliphatic heterocycles. The largest absolute Gasteiger partial charge is 0.397 e. The van der Waals surface area contributed by atoms with Crippen molar-refractivity contribution in [2.75, 3.05) is 22.6 Å². The van der Waals surface area contributed by atoms with Crippen LogP contribution in [-0.4, -0.2) is 17.4 Å². The van der Waals surface area contributed by atoms with E-state index in [9.17, 15) is 9.18 Å². The second-order valence-corrected chi connectivity index (χ2v) is 5.57. The highest BCUT2D eigenvalue weighted by molar-refractivity contribution is 7.99. The molecule has 0 saturated heterocycles. The average Bonchev–Trinajstić information content (AvgIpc) is 2.37. The molecule has 0 aromatic heterocycles. The average molecular weight is 284 g/mol. The summed E-state index contributed by atoms with van der Waals surface area (Å²) in [5.41, 5.74) is 6.35. The summed E-state index contributed by atoms with van der Waals surface area (Å²) in [6, 6.07) is 3.97. The molecule has 0 radical (unpaired) electrons. The molecule has 0 fully saturated rings. The Morgan fingerprint density at radius 3 is 2.79 bits per heavy atom. The van der Waals surface area contributed by atoms with Crippen LogP contribution in [-0.2, 0) is 4.79 Å². The lowest BCUT2D eigenvalue weighted by Gasteiger charge is -2.08. The molecule has 106 valence electrons. The number of thioether (sulfide) groups is 1. The zero-order valence-corrected chi connectivity index (χ0v) is 12.1. The summed E-state index contributed by atoms with van der Waals surface area (Å²) < 4.78 is 12.8. The third kappa shape index (κ3) is 6.47. The van der Waals surface area contributed by atoms with Crippen LogP contribution < -0.4 is 11.1 Å². The van der Waals surface area contributed by atoms with Crippen molar-refractivity contribution in [2.24, 2.45) is 0 Å². The van der Waals surface area contributed by atoms with E-state index in [1.54, 1.807) is 0 Å². The minimum Gasteiger partial charge on any atom is -0.397 e. The second-order valence-electron chi connectivity index (χ2n) is 4.35. The predicted molar refractivity (Wildman–Crippen MR) is 80.9 cm³/mol. The minimum atomic E-state index is -0.400. The van der Waals surface area contributed by atoms with Gasteiger partial charge >= 0.3 is 0 Å². The number of halogens is 1. The maximum atomic E-state index is 12.8. The molecule has 0 spiro atoms. The standard InChI is InChI=1S/C14H21FN2OS/c1-2-3-8-19-9-4-5-14(18)17-13-7-6-11(15)10-12(13)16/h6-7,10H,2-5,8-9,16H2,1H3,(H,17,18). The van der Waals surface area contributed by atoms with Gasteiger partial charge in [-0.1, -0.05) is 13.3 Å². The van der Waals surface area contributed by atoms with Crippen molar-refractivity contribution in [3.63, 3.8) is 0 Å². The number of carbonyl (C=O) groups excluding carboxylic acids is 1. The van der Waals surface area contributed by atoms with E-state index in [1.165, 1.54) is 31.0 Å². The highest BCUT2D eigenvalue weighted by Gasteiger charge is 2.05. The molecule has 19 heavy (non-hydrogen) atoms. The molecule has 3 N–H and O–H groups in total. The van der Waals surface area contributed by atoms with E-state index in [1.807, 2.05) is 11.8 Å². The fourth-order valence-corrected chi connectivity index (χ4v) is 2.59. The van der Waals surface area contributed by atoms with Crippen molar-refractivity contribution in [1.29, 1.82) is 0 Å². The van der Waals surface area contributed by atoms with Gasteiger partial charge in [0.15, 0.2) is 0 Å². The molecule has 0 saturated carbocycles. The Labute approximate surface area is 118 Å². The quantitative estimate of drug-likeness (QED) is 0.566. The highest BCUT2D eigenvalue weighted by atomic mass is 32.2. The van der Waals surface area contributed by atoms with Crippen molar-refractivity contribution in [3.05, 3.63) is 24.0 Å². The molecule has 0 unspecified atom stereocenters. The van der Waals surface area contributed by atoms with Crippen LogP contribution >= 0.6 is 11.8 Å². The molecule has 1 aromatic rings. The van der Waals surface area contributed by atoms with Gasteiger partial charge < -0.3 is 11.1 Å². The van der Waals surface area contributed by atoms with Crippen LogP contribution in [0.25, 0.3) is 0 Å². The smallest absolute Gasteiger partial charge is 0.224 e. The van der Waals surface area contributed by atoms with Gasteiger partial charge in [-0.15, -0.1) is 0 Å². The molecular weight excluding hydrogens is 263 g/mol. The number of hydrogen-bond acceptors (Lipinski definition) is 3. The third-order valence-corrected chi connectivity index (χ3v) is 3.78. The van der Waals surface area contributed by atoms with E-state index in [0.717, 1.165) is 17.9 Å². The molecule has 0 aliphatic rings. The molecule has 3 nitrogen and oxygen atoms in total. The lowest BCUT2D eigenvalue weighted by Crippen LogP contribution is -2.13. The summed E-state index contributed by atoms with van der Waals surface area (Å²) in [7, 11) is 0. The first-order valence-corrected chi connectivity index (χ1v) is 7.71. The minimum absolute atomic E-state index is 0.0746. The van der Waals surface area contributed by atoms with Gasteiger partial charge in [0, 0.05) is 6.42 Å². The summed E-state index contributed by atoms with van der Waals surface area (Å²) in [6.07, 6.45) is 3.75. The first kappa shape index (κ1) is 15.8. The highest BCUT2D eigenvalue weighted by Crippen LogP contribution is 2.19. The summed E-state index contributed by atoms with van der Waals surface area (Å²) in [5.74, 6) is 1.67. The van der Waals surface area contributed by atoms with Crippen molar-refractivity contribution in [1.82, 2.24) is 0 Å². The van der Waals surface area contributed by atoms with Crippen molar-refractivity contribution < 1.29 is 9.18 Å². The van der Waals surface area contributed by atoms with Crippen molar-refractivity contribution in [3.8, 4) is 0 Å². The van der Waals surface area contributed by atoms with E-state index >= 15 is 0 Å². The Bertz CT molecular complexity index is 412. The summed E-state index contributed by atoms with van der Waals surface area (Å²) in [4.78, 5) is 11.7. The predicted octanol–water partition coefficient (Wildman–Crippen LogP) is 3.66. The van der Waals surface area contributed by atoms with Gasteiger partial charge in [-0.25, -0.2) is 4.39 Å². The van der Waals surface area contributed by atoms with Crippen LogP contribution in [0.1, 0.15) is 32.6 Å². The molecule has 0 atom stereocenters. The number of rotatable bonds is 8. The Kier molecular flexibility index (Phi) is 7.33. The Hall–Kier alpha value is -1.23. The topological polar surface area (TPSA) is 55.1 Å². The van der Waals surface area contributed by atoms with Gasteiger partial charge in [0.05, 0.1) is 11.4 Å². The number of amides is 1. The Morgan fingerprint density at radius 2 is 2.11 bits per heavy atom. The number of nitrogens with one attached hydrogen (secondary N) is 1. The van der Waals surface area contributed by atoms with Crippen LogP contribution in [0.2, 0.25) is 0 Å². The molecular formula is C14H21FN2OS. The fraction of sp³-hybridized carbons (Fsp3) is 0.500. The number of nitrogen functional groups attached to an aromatic ring is 1. The Morgan fingerprint density at radius 1 is 1.37 bits per heavy atom. The van der Waals surface area contributed by atoms with Gasteiger partial charge in [0.1, 0.15) is 5.82 Å². The lowest BCUT2D eigenvalue weighted by molar-refractivity contribution is -0.116. The van der Waals surface area contributed by atoms with Gasteiger partial charge in [-0.2, -0.15) is 11.8 Å². The monoisotopic (exact) mass is 284 g/mol. The summed E-state index contributed by atoms with van der Waals surface area (Å²) in [6.45, 7) is 2.17. The molecule has 0 aliphatic carbocycles. The summed E-state index contributed by atoms with van der Waals surface area (Å²) >= 11 is 1.88. The molecule has 1 amide bonds. The molecule has 0 heterocycles. The molecule has 5 heteroatoms. The SMILES string of the molecule is CCCCSCCCC(=O)Nc1ccc(F)cc1N. The van der Waals surface area contributed by atoms with Crippen molar-refractivity contribution >= 4 is 29.0 Å². The van der Waals surface area contributed by atoms with E-state index < -0.39 is 5.82 Å². The molecule has 0 bridgehead atoms. The van der Waals surface area contributed by atoms with Crippen LogP contribution in [0.3, 0.4) is 0 Å². The summed E-state index contributed by atoms with van der Waals surface area (Å²) in [5, 5.41) is 2.70. The van der Waals surface area contributed by atoms with Gasteiger partial charge in [-0.05, 0) is 42.5 Å². The zero-order valence-electron chi connectivity index (χ0n) is 11.2. The van der Waals surface area contributed by atoms with E-state index in [0.29, 0.717) is 12.1 Å². The van der Waals surface area contributed by atoms with Crippen LogP contribution in [0.5, 0.6) is 0 Å². The van der Waals surface area contributed by atoms with Crippen LogP contribution in [0.15, 0.2) is 18.2 Å². The lowest BCUT2D eigenvalue weighted by atomic mass is 10.2. The normalized spacial score (nSPS) is 10.4. The molecule has 1 aromatic carbocycles. The van der Waals surface area contributed by atoms with Gasteiger partial charge in [0.25, 0.3) is 0 Å². The second kappa shape index (κ2) is 8.80. The van der Waals surface area contributed by atoms with E-state index in [2.05, 4.69) is 12.2 Å². The fourth-order valence-electron chi connectivity index (χ4n) is 1.54. The van der Waals surface area contributed by atoms with E-state index in [-0.39, 0.29) is 11.6 Å². The van der Waals surface area contributed by atoms with Crippen LogP contribution in [0.4, 0.5) is 15.8 Å². The number of anilines is 2. The number of nitrogens with two attached hydrogens (primary N) is 1. The maximum absolute atomic E-state index is 12.8. The van der Waals surface area contributed by atoms with E-state index in [4.69, 9.17) is 5.73 Å². The first-order valence-electron chi connectivity index (χ1n) is 6.56. The first-order chi connectivity index (χ1) is 9.13. The number of hydrogen-bond donors (Lipinski definition) is 2. The van der Waals surface area contributed by atoms with Gasteiger partial charge in [0.2, 0.25) is 5.91 Å². The van der Waals surface area contributed by atoms with Crippen LogP contribution in [0, 0.1) is 5.82 Å². The number of carbonyl (C=O) groups is 1.